The molecule has 0 amide bonds. The summed E-state index contributed by atoms with van der Waals surface area (Å²) in [6.07, 6.45) is 12.4. The summed E-state index contributed by atoms with van der Waals surface area (Å²) in [5.41, 5.74) is 0.951. The average molecular weight is 324 g/mol. The van der Waals surface area contributed by atoms with Crippen molar-refractivity contribution in [1.29, 1.82) is 0 Å². The minimum Gasteiger partial charge on any atom is -0.463 e. The van der Waals surface area contributed by atoms with E-state index in [4.69, 9.17) is 9.47 Å². The van der Waals surface area contributed by atoms with Gasteiger partial charge in [0.2, 0.25) is 0 Å². The highest BCUT2D eigenvalue weighted by molar-refractivity contribution is 5.91. The van der Waals surface area contributed by atoms with Gasteiger partial charge in [-0.25, -0.2) is 9.59 Å². The van der Waals surface area contributed by atoms with Gasteiger partial charge in [-0.05, 0) is 13.3 Å². The van der Waals surface area contributed by atoms with E-state index in [0.717, 1.165) is 30.6 Å². The van der Waals surface area contributed by atoms with Crippen LogP contribution in [-0.4, -0.2) is 25.2 Å². The molecule has 4 heteroatoms. The first-order valence-corrected chi connectivity index (χ1v) is 8.72. The van der Waals surface area contributed by atoms with E-state index in [9.17, 15) is 9.59 Å². The molecular formula is C19H32O4. The summed E-state index contributed by atoms with van der Waals surface area (Å²) in [7, 11) is 0. The monoisotopic (exact) mass is 324 g/mol. The molecule has 0 unspecified atom stereocenters. The number of esters is 2. The SMILES string of the molecule is C=C(C)CCOC(=O)/C=C/C(=O)OCCCCCCCCCC. The molecule has 0 saturated carbocycles. The highest BCUT2D eigenvalue weighted by atomic mass is 16.5. The first kappa shape index (κ1) is 21.4. The van der Waals surface area contributed by atoms with E-state index in [1.807, 2.05) is 6.92 Å². The lowest BCUT2D eigenvalue weighted by atomic mass is 10.1. The molecule has 0 aliphatic rings. The van der Waals surface area contributed by atoms with E-state index in [1.54, 1.807) is 0 Å². The molecular weight excluding hydrogens is 292 g/mol. The molecule has 0 aromatic heterocycles. The molecule has 0 radical (unpaired) electrons. The molecule has 132 valence electrons. The average Bonchev–Trinajstić information content (AvgIpc) is 2.51. The lowest BCUT2D eigenvalue weighted by Gasteiger charge is -2.03. The summed E-state index contributed by atoms with van der Waals surface area (Å²) in [5.74, 6) is -1.03. The van der Waals surface area contributed by atoms with Crippen LogP contribution in [0, 0.1) is 0 Å². The van der Waals surface area contributed by atoms with Gasteiger partial charge in [0.15, 0.2) is 0 Å². The Kier molecular flexibility index (Phi) is 14.3. The van der Waals surface area contributed by atoms with Crippen LogP contribution >= 0.6 is 0 Å². The van der Waals surface area contributed by atoms with Crippen LogP contribution in [0.4, 0.5) is 0 Å². The van der Waals surface area contributed by atoms with Crippen molar-refractivity contribution in [1.82, 2.24) is 0 Å². The van der Waals surface area contributed by atoms with Gasteiger partial charge in [0, 0.05) is 18.6 Å². The Morgan fingerprint density at radius 1 is 0.826 bits per heavy atom. The molecule has 0 aliphatic heterocycles. The van der Waals surface area contributed by atoms with Crippen molar-refractivity contribution < 1.29 is 19.1 Å². The van der Waals surface area contributed by atoms with Crippen LogP contribution in [0.25, 0.3) is 0 Å². The normalized spacial score (nSPS) is 10.7. The third-order valence-corrected chi connectivity index (χ3v) is 3.37. The minimum atomic E-state index is -0.532. The zero-order valence-electron chi connectivity index (χ0n) is 14.8. The number of rotatable bonds is 14. The van der Waals surface area contributed by atoms with Crippen LogP contribution in [0.5, 0.6) is 0 Å². The molecule has 23 heavy (non-hydrogen) atoms. The smallest absolute Gasteiger partial charge is 0.331 e. The fourth-order valence-corrected chi connectivity index (χ4v) is 1.97. The highest BCUT2D eigenvalue weighted by Crippen LogP contribution is 2.08. The largest absolute Gasteiger partial charge is 0.463 e. The first-order chi connectivity index (χ1) is 11.1. The number of carbonyl (C=O) groups is 2. The Morgan fingerprint density at radius 3 is 1.83 bits per heavy atom. The second kappa shape index (κ2) is 15.3. The lowest BCUT2D eigenvalue weighted by Crippen LogP contribution is -2.06. The summed E-state index contributed by atoms with van der Waals surface area (Å²) < 4.78 is 9.94. The summed E-state index contributed by atoms with van der Waals surface area (Å²) in [6, 6.07) is 0. The van der Waals surface area contributed by atoms with Crippen molar-refractivity contribution in [3.63, 3.8) is 0 Å². The zero-order valence-corrected chi connectivity index (χ0v) is 14.8. The van der Waals surface area contributed by atoms with E-state index >= 15 is 0 Å². The Hall–Kier alpha value is -1.58. The summed E-state index contributed by atoms with van der Waals surface area (Å²) in [5, 5.41) is 0. The predicted molar refractivity (Wildman–Crippen MR) is 93.1 cm³/mol. The van der Waals surface area contributed by atoms with Crippen LogP contribution in [0.1, 0.15) is 71.6 Å². The maximum absolute atomic E-state index is 11.4. The number of unbranched alkanes of at least 4 members (excludes halogenated alkanes) is 7. The van der Waals surface area contributed by atoms with Crippen LogP contribution in [0.3, 0.4) is 0 Å². The van der Waals surface area contributed by atoms with Crippen LogP contribution in [-0.2, 0) is 19.1 Å². The summed E-state index contributed by atoms with van der Waals surface area (Å²) in [4.78, 5) is 22.7. The van der Waals surface area contributed by atoms with Crippen molar-refractivity contribution >= 4 is 11.9 Å². The molecule has 0 saturated heterocycles. The number of carbonyl (C=O) groups excluding carboxylic acids is 2. The standard InChI is InChI=1S/C19H32O4/c1-4-5-6-7-8-9-10-11-15-22-18(20)12-13-19(21)23-16-14-17(2)3/h12-13H,2,4-11,14-16H2,1,3H3/b13-12+. The third kappa shape index (κ3) is 16.6. The number of hydrogen-bond acceptors (Lipinski definition) is 4. The van der Waals surface area contributed by atoms with Gasteiger partial charge in [0.05, 0.1) is 13.2 Å². The first-order valence-electron chi connectivity index (χ1n) is 8.72. The molecule has 0 rings (SSSR count). The van der Waals surface area contributed by atoms with Gasteiger partial charge in [-0.2, -0.15) is 0 Å². The molecule has 0 N–H and O–H groups in total. The summed E-state index contributed by atoms with van der Waals surface area (Å²) >= 11 is 0. The highest BCUT2D eigenvalue weighted by Gasteiger charge is 2.01. The Bertz CT molecular complexity index is 372. The van der Waals surface area contributed by atoms with E-state index in [2.05, 4.69) is 13.5 Å². The molecule has 0 aliphatic carbocycles. The topological polar surface area (TPSA) is 52.6 Å². The Morgan fingerprint density at radius 2 is 1.30 bits per heavy atom. The third-order valence-electron chi connectivity index (χ3n) is 3.37. The van der Waals surface area contributed by atoms with Gasteiger partial charge < -0.3 is 9.47 Å². The van der Waals surface area contributed by atoms with E-state index in [0.29, 0.717) is 13.0 Å². The number of ether oxygens (including phenoxy) is 2. The van der Waals surface area contributed by atoms with Crippen molar-refractivity contribution in [2.75, 3.05) is 13.2 Å². The fraction of sp³-hybridized carbons (Fsp3) is 0.684. The van der Waals surface area contributed by atoms with Gasteiger partial charge in [-0.15, -0.1) is 6.58 Å². The molecule has 0 fully saturated rings. The van der Waals surface area contributed by atoms with Crippen LogP contribution < -0.4 is 0 Å². The van der Waals surface area contributed by atoms with Crippen molar-refractivity contribution in [2.45, 2.75) is 71.6 Å². The molecule has 0 spiro atoms. The fourth-order valence-electron chi connectivity index (χ4n) is 1.97. The lowest BCUT2D eigenvalue weighted by molar-refractivity contribution is -0.140. The van der Waals surface area contributed by atoms with Gasteiger partial charge in [-0.3, -0.25) is 0 Å². The van der Waals surface area contributed by atoms with Crippen molar-refractivity contribution in [3.8, 4) is 0 Å². The van der Waals surface area contributed by atoms with E-state index in [-0.39, 0.29) is 6.61 Å². The molecule has 0 atom stereocenters. The molecule has 0 aromatic rings. The Balaban J connectivity index is 3.50. The van der Waals surface area contributed by atoms with Gasteiger partial charge in [0.25, 0.3) is 0 Å². The van der Waals surface area contributed by atoms with Gasteiger partial charge in [-0.1, -0.05) is 57.4 Å². The quantitative estimate of drug-likeness (QED) is 0.200. The molecule has 0 heterocycles. The zero-order chi connectivity index (χ0) is 17.3. The van der Waals surface area contributed by atoms with Crippen LogP contribution in [0.2, 0.25) is 0 Å². The van der Waals surface area contributed by atoms with E-state index < -0.39 is 11.9 Å². The van der Waals surface area contributed by atoms with E-state index in [1.165, 1.54) is 38.5 Å². The minimum absolute atomic E-state index is 0.284. The Labute approximate surface area is 140 Å². The van der Waals surface area contributed by atoms with Crippen LogP contribution in [0.15, 0.2) is 24.3 Å². The maximum atomic E-state index is 11.4. The molecule has 4 nitrogen and oxygen atoms in total. The van der Waals surface area contributed by atoms with Crippen molar-refractivity contribution in [2.24, 2.45) is 0 Å². The number of hydrogen-bond donors (Lipinski definition) is 0. The van der Waals surface area contributed by atoms with Crippen molar-refractivity contribution in [3.05, 3.63) is 24.3 Å². The summed E-state index contributed by atoms with van der Waals surface area (Å²) in [6.45, 7) is 8.49. The second-order valence-corrected chi connectivity index (χ2v) is 5.85. The predicted octanol–water partition coefficient (Wildman–Crippen LogP) is 4.74. The maximum Gasteiger partial charge on any atom is 0.331 e. The second-order valence-electron chi connectivity index (χ2n) is 5.85. The molecule has 0 bridgehead atoms. The van der Waals surface area contributed by atoms with Gasteiger partial charge >= 0.3 is 11.9 Å². The molecule has 0 aromatic carbocycles. The van der Waals surface area contributed by atoms with Gasteiger partial charge in [0.1, 0.15) is 0 Å².